The third-order valence-electron chi connectivity index (χ3n) is 3.70. The normalized spacial score (nSPS) is 10.2. The molecule has 1 amide bonds. The summed E-state index contributed by atoms with van der Waals surface area (Å²) in [6.45, 7) is 0.545. The standard InChI is InChI=1S/C19H23NO4/c1-23-17-11-15(12-18(13-17)24-2)6-7-19(22)20-9-8-14-4-3-5-16(21)10-14/h3-5,10-13,21H,6-9H2,1-2H3,(H,20,22). The Balaban J connectivity index is 1.78. The molecule has 128 valence electrons. The van der Waals surface area contributed by atoms with Crippen molar-refractivity contribution >= 4 is 5.91 Å². The number of phenols is 1. The molecule has 0 unspecified atom stereocenters. The molecule has 0 fully saturated rings. The number of rotatable bonds is 8. The topological polar surface area (TPSA) is 67.8 Å². The number of ether oxygens (including phenoxy) is 2. The van der Waals surface area contributed by atoms with Crippen LogP contribution in [0.4, 0.5) is 0 Å². The Hall–Kier alpha value is -2.69. The number of carbonyl (C=O) groups excluding carboxylic acids is 1. The highest BCUT2D eigenvalue weighted by molar-refractivity contribution is 5.76. The van der Waals surface area contributed by atoms with E-state index in [1.165, 1.54) is 0 Å². The van der Waals surface area contributed by atoms with E-state index in [0.29, 0.717) is 37.3 Å². The van der Waals surface area contributed by atoms with Crippen LogP contribution in [0, 0.1) is 0 Å². The van der Waals surface area contributed by atoms with Crippen molar-refractivity contribution in [3.8, 4) is 17.2 Å². The predicted molar refractivity (Wildman–Crippen MR) is 92.7 cm³/mol. The van der Waals surface area contributed by atoms with Gasteiger partial charge in [0.25, 0.3) is 0 Å². The molecule has 0 aromatic heterocycles. The van der Waals surface area contributed by atoms with E-state index in [-0.39, 0.29) is 11.7 Å². The highest BCUT2D eigenvalue weighted by atomic mass is 16.5. The number of phenolic OH excluding ortho intramolecular Hbond substituents is 1. The van der Waals surface area contributed by atoms with E-state index in [0.717, 1.165) is 11.1 Å². The van der Waals surface area contributed by atoms with Crippen LogP contribution in [0.1, 0.15) is 17.5 Å². The lowest BCUT2D eigenvalue weighted by molar-refractivity contribution is -0.121. The third kappa shape index (κ3) is 5.50. The molecule has 0 saturated heterocycles. The summed E-state index contributed by atoms with van der Waals surface area (Å²) in [5.74, 6) is 1.67. The fraction of sp³-hybridized carbons (Fsp3) is 0.316. The molecule has 0 aliphatic rings. The second-order valence-electron chi connectivity index (χ2n) is 5.49. The number of carbonyl (C=O) groups is 1. The molecule has 0 bridgehead atoms. The van der Waals surface area contributed by atoms with Crippen molar-refractivity contribution in [2.45, 2.75) is 19.3 Å². The van der Waals surface area contributed by atoms with Gasteiger partial charge in [0.05, 0.1) is 14.2 Å². The van der Waals surface area contributed by atoms with Crippen LogP contribution < -0.4 is 14.8 Å². The lowest BCUT2D eigenvalue weighted by atomic mass is 10.1. The van der Waals surface area contributed by atoms with Crippen LogP contribution >= 0.6 is 0 Å². The van der Waals surface area contributed by atoms with Crippen molar-refractivity contribution < 1.29 is 19.4 Å². The molecule has 0 aliphatic carbocycles. The molecule has 0 radical (unpaired) electrons. The van der Waals surface area contributed by atoms with Crippen LogP contribution in [0.5, 0.6) is 17.2 Å². The van der Waals surface area contributed by atoms with Crippen LogP contribution in [0.15, 0.2) is 42.5 Å². The van der Waals surface area contributed by atoms with E-state index < -0.39 is 0 Å². The van der Waals surface area contributed by atoms with Gasteiger partial charge in [-0.15, -0.1) is 0 Å². The average molecular weight is 329 g/mol. The minimum atomic E-state index is -0.00283. The van der Waals surface area contributed by atoms with Gasteiger partial charge in [-0.2, -0.15) is 0 Å². The maximum Gasteiger partial charge on any atom is 0.220 e. The maximum absolute atomic E-state index is 12.0. The van der Waals surface area contributed by atoms with Crippen molar-refractivity contribution in [2.75, 3.05) is 20.8 Å². The Morgan fingerprint density at radius 3 is 2.33 bits per heavy atom. The number of benzene rings is 2. The zero-order valence-electron chi connectivity index (χ0n) is 14.0. The lowest BCUT2D eigenvalue weighted by Crippen LogP contribution is -2.25. The van der Waals surface area contributed by atoms with Gasteiger partial charge >= 0.3 is 0 Å². The first-order valence-corrected chi connectivity index (χ1v) is 7.87. The number of hydrogen-bond donors (Lipinski definition) is 2. The molecule has 0 aliphatic heterocycles. The number of aromatic hydroxyl groups is 1. The molecule has 2 aromatic rings. The number of methoxy groups -OCH3 is 2. The molecule has 0 atom stereocenters. The second kappa shape index (κ2) is 8.82. The highest BCUT2D eigenvalue weighted by Crippen LogP contribution is 2.23. The molecule has 5 heteroatoms. The van der Waals surface area contributed by atoms with Gasteiger partial charge in [0.1, 0.15) is 17.2 Å². The Morgan fingerprint density at radius 1 is 1.00 bits per heavy atom. The van der Waals surface area contributed by atoms with Crippen molar-refractivity contribution in [1.29, 1.82) is 0 Å². The molecule has 2 N–H and O–H groups in total. The molecule has 24 heavy (non-hydrogen) atoms. The Morgan fingerprint density at radius 2 is 1.71 bits per heavy atom. The van der Waals surface area contributed by atoms with Gasteiger partial charge in [0.15, 0.2) is 0 Å². The van der Waals surface area contributed by atoms with Crippen molar-refractivity contribution in [2.24, 2.45) is 0 Å². The first kappa shape index (κ1) is 17.7. The van der Waals surface area contributed by atoms with E-state index in [1.807, 2.05) is 18.2 Å². The summed E-state index contributed by atoms with van der Waals surface area (Å²) in [7, 11) is 3.21. The van der Waals surface area contributed by atoms with Crippen LogP contribution in [0.25, 0.3) is 0 Å². The van der Waals surface area contributed by atoms with Gasteiger partial charge in [-0.3, -0.25) is 4.79 Å². The van der Waals surface area contributed by atoms with Gasteiger partial charge in [0.2, 0.25) is 5.91 Å². The van der Waals surface area contributed by atoms with Gasteiger partial charge in [-0.1, -0.05) is 12.1 Å². The van der Waals surface area contributed by atoms with Gasteiger partial charge in [-0.25, -0.2) is 0 Å². The monoisotopic (exact) mass is 329 g/mol. The molecule has 2 aromatic carbocycles. The zero-order chi connectivity index (χ0) is 17.4. The Kier molecular flexibility index (Phi) is 6.49. The summed E-state index contributed by atoms with van der Waals surface area (Å²) in [5.41, 5.74) is 1.99. The second-order valence-corrected chi connectivity index (χ2v) is 5.49. The minimum Gasteiger partial charge on any atom is -0.508 e. The van der Waals surface area contributed by atoms with E-state index in [4.69, 9.17) is 9.47 Å². The Bertz CT molecular complexity index is 663. The van der Waals surface area contributed by atoms with Gasteiger partial charge < -0.3 is 19.9 Å². The average Bonchev–Trinajstić information content (AvgIpc) is 2.59. The summed E-state index contributed by atoms with van der Waals surface area (Å²) < 4.78 is 10.5. The molecule has 5 nitrogen and oxygen atoms in total. The zero-order valence-corrected chi connectivity index (χ0v) is 14.0. The lowest BCUT2D eigenvalue weighted by Gasteiger charge is -2.09. The van der Waals surface area contributed by atoms with E-state index in [1.54, 1.807) is 38.5 Å². The van der Waals surface area contributed by atoms with Crippen LogP contribution in [0.2, 0.25) is 0 Å². The fourth-order valence-electron chi connectivity index (χ4n) is 2.42. The first-order valence-electron chi connectivity index (χ1n) is 7.87. The van der Waals surface area contributed by atoms with Crippen molar-refractivity contribution in [1.82, 2.24) is 5.32 Å². The number of hydrogen-bond acceptors (Lipinski definition) is 4. The summed E-state index contributed by atoms with van der Waals surface area (Å²) in [4.78, 5) is 12.0. The molecular weight excluding hydrogens is 306 g/mol. The first-order chi connectivity index (χ1) is 11.6. The third-order valence-corrected chi connectivity index (χ3v) is 3.70. The van der Waals surface area contributed by atoms with E-state index >= 15 is 0 Å². The van der Waals surface area contributed by atoms with Gasteiger partial charge in [0, 0.05) is 19.0 Å². The van der Waals surface area contributed by atoms with Gasteiger partial charge in [-0.05, 0) is 48.2 Å². The number of amides is 1. The van der Waals surface area contributed by atoms with Crippen molar-refractivity contribution in [3.63, 3.8) is 0 Å². The molecule has 2 rings (SSSR count). The maximum atomic E-state index is 12.0. The molecule has 0 heterocycles. The van der Waals surface area contributed by atoms with Crippen LogP contribution in [-0.4, -0.2) is 31.8 Å². The minimum absolute atomic E-state index is 0.00283. The largest absolute Gasteiger partial charge is 0.508 e. The summed E-state index contributed by atoms with van der Waals surface area (Å²) in [6.07, 6.45) is 1.70. The number of nitrogens with one attached hydrogen (secondary N) is 1. The smallest absolute Gasteiger partial charge is 0.220 e. The number of aryl methyl sites for hydroxylation is 1. The van der Waals surface area contributed by atoms with Crippen LogP contribution in [-0.2, 0) is 17.6 Å². The quantitative estimate of drug-likeness (QED) is 0.781. The summed E-state index contributed by atoms with van der Waals surface area (Å²) >= 11 is 0. The van der Waals surface area contributed by atoms with Crippen molar-refractivity contribution in [3.05, 3.63) is 53.6 Å². The van der Waals surface area contributed by atoms with E-state index in [2.05, 4.69) is 5.32 Å². The highest BCUT2D eigenvalue weighted by Gasteiger charge is 2.06. The summed E-state index contributed by atoms with van der Waals surface area (Å²) in [5, 5.41) is 12.3. The summed E-state index contributed by atoms with van der Waals surface area (Å²) in [6, 6.07) is 12.7. The Labute approximate surface area is 142 Å². The predicted octanol–water partition coefficient (Wildman–Crippen LogP) is 2.70. The molecule has 0 saturated carbocycles. The molecular formula is C19H23NO4. The fourth-order valence-corrected chi connectivity index (χ4v) is 2.42. The molecule has 0 spiro atoms. The van der Waals surface area contributed by atoms with Crippen LogP contribution in [0.3, 0.4) is 0 Å². The SMILES string of the molecule is COc1cc(CCC(=O)NCCc2cccc(O)c2)cc(OC)c1. The van der Waals surface area contributed by atoms with E-state index in [9.17, 15) is 9.90 Å².